The summed E-state index contributed by atoms with van der Waals surface area (Å²) in [5, 5.41) is 4.84. The van der Waals surface area contributed by atoms with Crippen LogP contribution in [-0.4, -0.2) is 34.4 Å². The van der Waals surface area contributed by atoms with Gasteiger partial charge in [-0.05, 0) is 18.6 Å². The van der Waals surface area contributed by atoms with Crippen LogP contribution >= 0.6 is 11.6 Å². The number of aromatic nitrogens is 2. The summed E-state index contributed by atoms with van der Waals surface area (Å²) in [4.78, 5) is 23.2. The minimum atomic E-state index is -0.825. The van der Waals surface area contributed by atoms with Crippen LogP contribution in [0.3, 0.4) is 0 Å². The van der Waals surface area contributed by atoms with Gasteiger partial charge in [-0.2, -0.15) is 5.10 Å². The largest absolute Gasteiger partial charge is 0.463 e. The van der Waals surface area contributed by atoms with Gasteiger partial charge < -0.3 is 9.47 Å². The van der Waals surface area contributed by atoms with Crippen LogP contribution in [0, 0.1) is 6.92 Å². The molecule has 7 heteroatoms. The second-order valence-electron chi connectivity index (χ2n) is 5.65. The van der Waals surface area contributed by atoms with Crippen molar-refractivity contribution < 1.29 is 19.1 Å². The number of carbonyl (C=O) groups is 2. The fraction of sp³-hybridized carbons (Fsp3) is 0.278. The van der Waals surface area contributed by atoms with Gasteiger partial charge in [-0.1, -0.05) is 41.9 Å². The second-order valence-corrected chi connectivity index (χ2v) is 6.01. The highest BCUT2D eigenvalue weighted by Gasteiger charge is 2.29. The van der Waals surface area contributed by atoms with E-state index in [-0.39, 0.29) is 6.61 Å². The molecule has 0 radical (unpaired) electrons. The molecule has 1 atom stereocenters. The van der Waals surface area contributed by atoms with Crippen molar-refractivity contribution in [1.29, 1.82) is 0 Å². The van der Waals surface area contributed by atoms with E-state index in [1.165, 1.54) is 6.08 Å². The lowest BCUT2D eigenvalue weighted by atomic mass is 10.2. The zero-order valence-corrected chi connectivity index (χ0v) is 14.4. The first kappa shape index (κ1) is 17.2. The first-order chi connectivity index (χ1) is 12.0. The SMILES string of the molecule is Cc1nn(Cc2ccccc2)c(Cl)c1/C=C/C(=O)O[C@@H]1CCOC1=O. The Morgan fingerprint density at radius 1 is 1.44 bits per heavy atom. The molecule has 1 aliphatic heterocycles. The number of halogens is 1. The Hall–Kier alpha value is -2.60. The van der Waals surface area contributed by atoms with Crippen LogP contribution in [0.4, 0.5) is 0 Å². The first-order valence-electron chi connectivity index (χ1n) is 7.87. The molecular formula is C18H17ClN2O4. The average Bonchev–Trinajstić information content (AvgIpc) is 3.11. The number of ether oxygens (including phenoxy) is 2. The maximum atomic E-state index is 11.9. The summed E-state index contributed by atoms with van der Waals surface area (Å²) in [6, 6.07) is 9.82. The molecule has 1 fully saturated rings. The lowest BCUT2D eigenvalue weighted by molar-refractivity contribution is -0.156. The van der Waals surface area contributed by atoms with Gasteiger partial charge in [-0.3, -0.25) is 0 Å². The van der Waals surface area contributed by atoms with Crippen LogP contribution in [0.15, 0.2) is 36.4 Å². The van der Waals surface area contributed by atoms with Crippen molar-refractivity contribution >= 4 is 29.6 Å². The van der Waals surface area contributed by atoms with Crippen LogP contribution in [0.5, 0.6) is 0 Å². The van der Waals surface area contributed by atoms with Gasteiger partial charge in [0.05, 0.1) is 18.8 Å². The Kier molecular flexibility index (Phi) is 5.19. The van der Waals surface area contributed by atoms with E-state index in [9.17, 15) is 9.59 Å². The van der Waals surface area contributed by atoms with Gasteiger partial charge >= 0.3 is 11.9 Å². The van der Waals surface area contributed by atoms with Gasteiger partial charge in [-0.25, -0.2) is 14.3 Å². The zero-order chi connectivity index (χ0) is 17.8. The number of benzene rings is 1. The van der Waals surface area contributed by atoms with Crippen molar-refractivity contribution in [1.82, 2.24) is 9.78 Å². The third-order valence-electron chi connectivity index (χ3n) is 3.82. The molecule has 1 aromatic heterocycles. The van der Waals surface area contributed by atoms with E-state index in [0.29, 0.717) is 29.4 Å². The number of esters is 2. The second kappa shape index (κ2) is 7.53. The normalized spacial score (nSPS) is 17.0. The molecule has 0 saturated carbocycles. The predicted molar refractivity (Wildman–Crippen MR) is 92.0 cm³/mol. The number of hydrogen-bond donors (Lipinski definition) is 0. The van der Waals surface area contributed by atoms with Crippen LogP contribution < -0.4 is 0 Å². The van der Waals surface area contributed by atoms with Gasteiger partial charge in [0, 0.05) is 18.1 Å². The van der Waals surface area contributed by atoms with Crippen molar-refractivity contribution in [3.63, 3.8) is 0 Å². The number of carbonyl (C=O) groups excluding carboxylic acids is 2. The van der Waals surface area contributed by atoms with Gasteiger partial charge in [0.15, 0.2) is 0 Å². The van der Waals surface area contributed by atoms with Gasteiger partial charge in [0.25, 0.3) is 0 Å². The predicted octanol–water partition coefficient (Wildman–Crippen LogP) is 2.77. The van der Waals surface area contributed by atoms with E-state index in [0.717, 1.165) is 5.56 Å². The van der Waals surface area contributed by atoms with E-state index < -0.39 is 18.0 Å². The number of hydrogen-bond acceptors (Lipinski definition) is 5. The third-order valence-corrected chi connectivity index (χ3v) is 4.21. The molecule has 1 aliphatic rings. The molecule has 2 heterocycles. The fourth-order valence-electron chi connectivity index (χ4n) is 2.53. The molecule has 0 amide bonds. The molecule has 130 valence electrons. The molecule has 0 unspecified atom stereocenters. The Balaban J connectivity index is 1.70. The summed E-state index contributed by atoms with van der Waals surface area (Å²) in [6.45, 7) is 2.62. The minimum Gasteiger partial charge on any atom is -0.463 e. The monoisotopic (exact) mass is 360 g/mol. The molecule has 1 saturated heterocycles. The van der Waals surface area contributed by atoms with Crippen molar-refractivity contribution in [2.24, 2.45) is 0 Å². The summed E-state index contributed by atoms with van der Waals surface area (Å²) in [7, 11) is 0. The maximum Gasteiger partial charge on any atom is 0.347 e. The highest BCUT2D eigenvalue weighted by Crippen LogP contribution is 2.22. The zero-order valence-electron chi connectivity index (χ0n) is 13.6. The van der Waals surface area contributed by atoms with E-state index in [4.69, 9.17) is 21.1 Å². The summed E-state index contributed by atoms with van der Waals surface area (Å²) in [5.41, 5.74) is 2.41. The van der Waals surface area contributed by atoms with Crippen molar-refractivity contribution in [3.05, 3.63) is 58.4 Å². The quantitative estimate of drug-likeness (QED) is 0.605. The van der Waals surface area contributed by atoms with Crippen LogP contribution in [0.1, 0.15) is 23.2 Å². The average molecular weight is 361 g/mol. The van der Waals surface area contributed by atoms with E-state index in [1.807, 2.05) is 37.3 Å². The van der Waals surface area contributed by atoms with E-state index >= 15 is 0 Å². The van der Waals surface area contributed by atoms with Crippen LogP contribution in [-0.2, 0) is 25.6 Å². The van der Waals surface area contributed by atoms with E-state index in [2.05, 4.69) is 5.10 Å². The summed E-state index contributed by atoms with van der Waals surface area (Å²) >= 11 is 6.38. The van der Waals surface area contributed by atoms with Crippen molar-refractivity contribution in [3.8, 4) is 0 Å². The number of aryl methyl sites for hydroxylation is 1. The molecule has 25 heavy (non-hydrogen) atoms. The van der Waals surface area contributed by atoms with Crippen LogP contribution in [0.2, 0.25) is 5.15 Å². The molecule has 6 nitrogen and oxygen atoms in total. The Labute approximate surface area is 150 Å². The molecular weight excluding hydrogens is 344 g/mol. The van der Waals surface area contributed by atoms with Crippen molar-refractivity contribution in [2.75, 3.05) is 6.61 Å². The number of cyclic esters (lactones) is 1. The Bertz CT molecular complexity index is 814. The molecule has 0 aliphatic carbocycles. The molecule has 0 N–H and O–H groups in total. The molecule has 2 aromatic rings. The summed E-state index contributed by atoms with van der Waals surface area (Å²) in [6.07, 6.45) is 2.35. The van der Waals surface area contributed by atoms with Gasteiger partial charge in [0.2, 0.25) is 6.10 Å². The van der Waals surface area contributed by atoms with Gasteiger partial charge in [0.1, 0.15) is 5.15 Å². The number of nitrogens with zero attached hydrogens (tertiary/aromatic N) is 2. The Morgan fingerprint density at radius 2 is 2.20 bits per heavy atom. The Morgan fingerprint density at radius 3 is 2.88 bits per heavy atom. The topological polar surface area (TPSA) is 70.4 Å². The van der Waals surface area contributed by atoms with Crippen molar-refractivity contribution in [2.45, 2.75) is 26.0 Å². The highest BCUT2D eigenvalue weighted by molar-refractivity contribution is 6.31. The summed E-state index contributed by atoms with van der Waals surface area (Å²) < 4.78 is 11.5. The summed E-state index contributed by atoms with van der Waals surface area (Å²) in [5.74, 6) is -1.12. The molecule has 1 aromatic carbocycles. The first-order valence-corrected chi connectivity index (χ1v) is 8.24. The fourth-order valence-corrected chi connectivity index (χ4v) is 2.83. The lowest BCUT2D eigenvalue weighted by Gasteiger charge is -2.05. The number of rotatable bonds is 5. The van der Waals surface area contributed by atoms with Gasteiger partial charge in [-0.15, -0.1) is 0 Å². The standard InChI is InChI=1S/C18H17ClN2O4/c1-12-14(7-8-16(22)25-15-9-10-24-18(15)23)17(19)21(20-12)11-13-5-3-2-4-6-13/h2-8,15H,9-11H2,1H3/b8-7+/t15-/m1/s1. The molecule has 0 bridgehead atoms. The highest BCUT2D eigenvalue weighted by atomic mass is 35.5. The maximum absolute atomic E-state index is 11.9. The molecule has 0 spiro atoms. The third kappa shape index (κ3) is 4.09. The lowest BCUT2D eigenvalue weighted by Crippen LogP contribution is -2.21. The smallest absolute Gasteiger partial charge is 0.347 e. The van der Waals surface area contributed by atoms with Crippen LogP contribution in [0.25, 0.3) is 6.08 Å². The molecule has 3 rings (SSSR count). The van der Waals surface area contributed by atoms with E-state index in [1.54, 1.807) is 10.8 Å². The minimum absolute atomic E-state index is 0.275.